The molecule has 1 N–H and O–H groups in total. The number of hydrogen-bond acceptors (Lipinski definition) is 1. The molecular weight excluding hydrogens is 290 g/mol. The standard InChI is InChI=1S/C15H22BrNO/c1-11(2)4-5-12(3)17-15(18)10-13-6-8-14(16)9-7-13/h6-9,11-12H,4-5,10H2,1-3H3,(H,17,18). The zero-order chi connectivity index (χ0) is 13.5. The van der Waals surface area contributed by atoms with E-state index in [2.05, 4.69) is 42.0 Å². The lowest BCUT2D eigenvalue weighted by Gasteiger charge is -2.15. The van der Waals surface area contributed by atoms with Crippen molar-refractivity contribution in [1.29, 1.82) is 0 Å². The van der Waals surface area contributed by atoms with Gasteiger partial charge in [0.2, 0.25) is 5.91 Å². The number of carbonyl (C=O) groups is 1. The van der Waals surface area contributed by atoms with Crippen LogP contribution in [0.4, 0.5) is 0 Å². The monoisotopic (exact) mass is 311 g/mol. The number of halogens is 1. The van der Waals surface area contributed by atoms with Crippen molar-refractivity contribution in [3.8, 4) is 0 Å². The fourth-order valence-electron chi connectivity index (χ4n) is 1.77. The summed E-state index contributed by atoms with van der Waals surface area (Å²) in [4.78, 5) is 11.8. The molecular formula is C15H22BrNO. The van der Waals surface area contributed by atoms with E-state index >= 15 is 0 Å². The average Bonchev–Trinajstić information content (AvgIpc) is 2.29. The molecule has 18 heavy (non-hydrogen) atoms. The molecule has 0 fully saturated rings. The molecule has 0 saturated heterocycles. The van der Waals surface area contributed by atoms with Gasteiger partial charge >= 0.3 is 0 Å². The average molecular weight is 312 g/mol. The van der Waals surface area contributed by atoms with Gasteiger partial charge in [-0.2, -0.15) is 0 Å². The van der Waals surface area contributed by atoms with E-state index in [1.165, 1.54) is 0 Å². The van der Waals surface area contributed by atoms with Crippen molar-refractivity contribution >= 4 is 21.8 Å². The van der Waals surface area contributed by atoms with Crippen LogP contribution in [-0.4, -0.2) is 11.9 Å². The van der Waals surface area contributed by atoms with Gasteiger partial charge in [-0.15, -0.1) is 0 Å². The predicted octanol–water partition coefficient (Wildman–Crippen LogP) is 3.93. The fraction of sp³-hybridized carbons (Fsp3) is 0.533. The first-order valence-electron chi connectivity index (χ1n) is 6.51. The van der Waals surface area contributed by atoms with Crippen LogP contribution in [0.3, 0.4) is 0 Å². The van der Waals surface area contributed by atoms with E-state index in [1.807, 2.05) is 24.3 Å². The van der Waals surface area contributed by atoms with Crippen molar-refractivity contribution in [2.75, 3.05) is 0 Å². The summed E-state index contributed by atoms with van der Waals surface area (Å²) >= 11 is 3.39. The van der Waals surface area contributed by atoms with Crippen LogP contribution in [0.2, 0.25) is 0 Å². The first-order chi connectivity index (χ1) is 8.47. The van der Waals surface area contributed by atoms with Gasteiger partial charge in [-0.3, -0.25) is 4.79 Å². The molecule has 1 amide bonds. The summed E-state index contributed by atoms with van der Waals surface area (Å²) < 4.78 is 1.04. The number of carbonyl (C=O) groups excluding carboxylic acids is 1. The molecule has 1 unspecified atom stereocenters. The Labute approximate surface area is 118 Å². The first-order valence-corrected chi connectivity index (χ1v) is 7.30. The van der Waals surface area contributed by atoms with Crippen LogP contribution < -0.4 is 5.32 Å². The molecule has 1 atom stereocenters. The van der Waals surface area contributed by atoms with Crippen molar-refractivity contribution in [3.05, 3.63) is 34.3 Å². The van der Waals surface area contributed by atoms with Crippen molar-refractivity contribution in [2.45, 2.75) is 46.1 Å². The summed E-state index contributed by atoms with van der Waals surface area (Å²) in [6.45, 7) is 6.48. The molecule has 100 valence electrons. The van der Waals surface area contributed by atoms with Gasteiger partial charge in [0.15, 0.2) is 0 Å². The number of amides is 1. The summed E-state index contributed by atoms with van der Waals surface area (Å²) in [5, 5.41) is 3.05. The maximum atomic E-state index is 11.8. The minimum absolute atomic E-state index is 0.105. The van der Waals surface area contributed by atoms with E-state index < -0.39 is 0 Å². The van der Waals surface area contributed by atoms with Crippen LogP contribution in [0, 0.1) is 5.92 Å². The smallest absolute Gasteiger partial charge is 0.224 e. The molecule has 0 saturated carbocycles. The summed E-state index contributed by atoms with van der Waals surface area (Å²) in [5.41, 5.74) is 1.05. The van der Waals surface area contributed by atoms with Crippen molar-refractivity contribution < 1.29 is 4.79 Å². The molecule has 0 aliphatic rings. The van der Waals surface area contributed by atoms with Gasteiger partial charge in [0.25, 0.3) is 0 Å². The second kappa shape index (κ2) is 7.57. The predicted molar refractivity (Wildman–Crippen MR) is 79.5 cm³/mol. The second-order valence-corrected chi connectivity index (χ2v) is 6.16. The van der Waals surface area contributed by atoms with Gasteiger partial charge in [0.05, 0.1) is 6.42 Å². The molecule has 3 heteroatoms. The van der Waals surface area contributed by atoms with Crippen LogP contribution in [-0.2, 0) is 11.2 Å². The highest BCUT2D eigenvalue weighted by Gasteiger charge is 2.08. The maximum Gasteiger partial charge on any atom is 0.224 e. The van der Waals surface area contributed by atoms with Crippen LogP contribution in [0.1, 0.15) is 39.2 Å². The molecule has 1 aromatic carbocycles. The minimum Gasteiger partial charge on any atom is -0.353 e. The Balaban J connectivity index is 2.34. The molecule has 0 spiro atoms. The minimum atomic E-state index is 0.105. The van der Waals surface area contributed by atoms with E-state index in [1.54, 1.807) is 0 Å². The SMILES string of the molecule is CC(C)CCC(C)NC(=O)Cc1ccc(Br)cc1. The van der Waals surface area contributed by atoms with Crippen molar-refractivity contribution in [3.63, 3.8) is 0 Å². The summed E-state index contributed by atoms with van der Waals surface area (Å²) in [7, 11) is 0. The van der Waals surface area contributed by atoms with E-state index in [9.17, 15) is 4.79 Å². The van der Waals surface area contributed by atoms with Gasteiger partial charge in [0, 0.05) is 10.5 Å². The summed E-state index contributed by atoms with van der Waals surface area (Å²) in [6.07, 6.45) is 2.66. The maximum absolute atomic E-state index is 11.8. The second-order valence-electron chi connectivity index (χ2n) is 5.24. The van der Waals surface area contributed by atoms with Gasteiger partial charge < -0.3 is 5.32 Å². The summed E-state index contributed by atoms with van der Waals surface area (Å²) in [6, 6.07) is 8.14. The molecule has 0 aliphatic heterocycles. The molecule has 0 aromatic heterocycles. The zero-order valence-corrected chi connectivity index (χ0v) is 13.0. The van der Waals surface area contributed by atoms with Crippen molar-refractivity contribution in [1.82, 2.24) is 5.32 Å². The molecule has 0 aliphatic carbocycles. The highest BCUT2D eigenvalue weighted by molar-refractivity contribution is 9.10. The van der Waals surface area contributed by atoms with E-state index in [0.29, 0.717) is 12.3 Å². The third kappa shape index (κ3) is 6.20. The van der Waals surface area contributed by atoms with E-state index in [0.717, 1.165) is 22.9 Å². The van der Waals surface area contributed by atoms with Gasteiger partial charge in [-0.25, -0.2) is 0 Å². The Morgan fingerprint density at radius 1 is 1.17 bits per heavy atom. The normalized spacial score (nSPS) is 12.5. The first kappa shape index (κ1) is 15.2. The van der Waals surface area contributed by atoms with Gasteiger partial charge in [-0.05, 0) is 43.4 Å². The van der Waals surface area contributed by atoms with Crippen molar-refractivity contribution in [2.24, 2.45) is 5.92 Å². The Bertz CT molecular complexity index is 373. The molecule has 1 aromatic rings. The fourth-order valence-corrected chi connectivity index (χ4v) is 2.03. The van der Waals surface area contributed by atoms with Gasteiger partial charge in [0.1, 0.15) is 0 Å². The number of benzene rings is 1. The Morgan fingerprint density at radius 3 is 2.33 bits per heavy atom. The quantitative estimate of drug-likeness (QED) is 0.847. The van der Waals surface area contributed by atoms with E-state index in [4.69, 9.17) is 0 Å². The number of rotatable bonds is 6. The third-order valence-electron chi connectivity index (χ3n) is 2.86. The van der Waals surface area contributed by atoms with Crippen LogP contribution >= 0.6 is 15.9 Å². The third-order valence-corrected chi connectivity index (χ3v) is 3.39. The highest BCUT2D eigenvalue weighted by Crippen LogP contribution is 2.11. The number of hydrogen-bond donors (Lipinski definition) is 1. The molecule has 1 rings (SSSR count). The van der Waals surface area contributed by atoms with Gasteiger partial charge in [-0.1, -0.05) is 41.9 Å². The van der Waals surface area contributed by atoms with E-state index in [-0.39, 0.29) is 11.9 Å². The lowest BCUT2D eigenvalue weighted by Crippen LogP contribution is -2.33. The lowest BCUT2D eigenvalue weighted by atomic mass is 10.0. The molecule has 2 nitrogen and oxygen atoms in total. The summed E-state index contributed by atoms with van der Waals surface area (Å²) in [5.74, 6) is 0.796. The van der Waals surface area contributed by atoms with Crippen LogP contribution in [0.15, 0.2) is 28.7 Å². The molecule has 0 bridgehead atoms. The highest BCUT2D eigenvalue weighted by atomic mass is 79.9. The zero-order valence-electron chi connectivity index (χ0n) is 11.4. The topological polar surface area (TPSA) is 29.1 Å². The molecule has 0 heterocycles. The molecule has 0 radical (unpaired) electrons. The Kier molecular flexibility index (Phi) is 6.41. The lowest BCUT2D eigenvalue weighted by molar-refractivity contribution is -0.121. The Morgan fingerprint density at radius 2 is 1.78 bits per heavy atom. The Hall–Kier alpha value is -0.830. The van der Waals surface area contributed by atoms with Crippen LogP contribution in [0.25, 0.3) is 0 Å². The largest absolute Gasteiger partial charge is 0.353 e. The number of nitrogens with one attached hydrogen (secondary N) is 1. The van der Waals surface area contributed by atoms with Crippen LogP contribution in [0.5, 0.6) is 0 Å².